The van der Waals surface area contributed by atoms with Gasteiger partial charge in [0.05, 0.1) is 26.5 Å². The van der Waals surface area contributed by atoms with Gasteiger partial charge >= 0.3 is 0 Å². The van der Waals surface area contributed by atoms with Crippen molar-refractivity contribution in [3.8, 4) is 11.5 Å². The molecule has 162 valence electrons. The van der Waals surface area contributed by atoms with E-state index < -0.39 is 40.7 Å². The molecule has 0 bridgehead atoms. The van der Waals surface area contributed by atoms with Gasteiger partial charge in [-0.05, 0) is 42.3 Å². The second kappa shape index (κ2) is 7.52. The molecule has 2 aromatic carbocycles. The van der Waals surface area contributed by atoms with Crippen LogP contribution in [0.2, 0.25) is 0 Å². The van der Waals surface area contributed by atoms with Crippen molar-refractivity contribution >= 4 is 29.7 Å². The number of ether oxygens (including phenoxy) is 2. The summed E-state index contributed by atoms with van der Waals surface area (Å²) in [6.45, 7) is 0.0743. The lowest BCUT2D eigenvalue weighted by Gasteiger charge is -2.12. The molecule has 9 nitrogen and oxygen atoms in total. The second-order valence-corrected chi connectivity index (χ2v) is 13.3. The maximum absolute atomic E-state index is 12.8. The van der Waals surface area contributed by atoms with Crippen LogP contribution >= 0.6 is 0 Å². The third kappa shape index (κ3) is 4.17. The van der Waals surface area contributed by atoms with Gasteiger partial charge in [-0.15, -0.1) is 0 Å². The Kier molecular flexibility index (Phi) is 5.29. The molecule has 0 amide bonds. The van der Waals surface area contributed by atoms with E-state index in [2.05, 4.69) is 4.72 Å². The minimum Gasteiger partial charge on any atom is -0.454 e. The molecule has 30 heavy (non-hydrogen) atoms. The van der Waals surface area contributed by atoms with Crippen molar-refractivity contribution < 1.29 is 34.7 Å². The number of sulfonamides is 1. The second-order valence-electron chi connectivity index (χ2n) is 7.06. The molecule has 2 heterocycles. The van der Waals surface area contributed by atoms with Gasteiger partial charge in [-0.1, -0.05) is 12.1 Å². The molecule has 0 unspecified atom stereocenters. The maximum atomic E-state index is 12.8. The minimum atomic E-state index is -4.01. The number of nitrogens with one attached hydrogen (secondary N) is 1. The first-order valence-corrected chi connectivity index (χ1v) is 13.8. The summed E-state index contributed by atoms with van der Waals surface area (Å²) in [6, 6.07) is 9.97. The number of rotatable bonds is 6. The number of benzene rings is 2. The van der Waals surface area contributed by atoms with Crippen molar-refractivity contribution in [2.24, 2.45) is 0 Å². The van der Waals surface area contributed by atoms with Crippen molar-refractivity contribution in [3.63, 3.8) is 0 Å². The van der Waals surface area contributed by atoms with Crippen LogP contribution in [0.15, 0.2) is 52.3 Å². The molecule has 0 aromatic heterocycles. The zero-order valence-electron chi connectivity index (χ0n) is 15.6. The van der Waals surface area contributed by atoms with Crippen molar-refractivity contribution in [1.82, 2.24) is 4.72 Å². The monoisotopic (exact) mass is 473 g/mol. The molecular weight excluding hydrogens is 454 g/mol. The Labute approximate surface area is 174 Å². The fourth-order valence-electron chi connectivity index (χ4n) is 3.33. The van der Waals surface area contributed by atoms with Crippen LogP contribution in [0.4, 0.5) is 0 Å². The van der Waals surface area contributed by atoms with Gasteiger partial charge in [0.2, 0.25) is 16.8 Å². The number of hydrogen-bond donors (Lipinski definition) is 1. The van der Waals surface area contributed by atoms with E-state index in [1.165, 1.54) is 18.2 Å². The highest BCUT2D eigenvalue weighted by molar-refractivity contribution is 7.96. The molecular formula is C18H19NO8S3. The third-order valence-corrected chi connectivity index (χ3v) is 10.5. The van der Waals surface area contributed by atoms with Crippen LogP contribution in [0.5, 0.6) is 11.5 Å². The summed E-state index contributed by atoms with van der Waals surface area (Å²) in [5.74, 6) is 0.459. The van der Waals surface area contributed by atoms with Crippen molar-refractivity contribution in [3.05, 3.63) is 48.0 Å². The molecule has 0 aliphatic carbocycles. The summed E-state index contributed by atoms with van der Waals surface area (Å²) in [7, 11) is -11.4. The SMILES string of the molecule is O=S1(=O)CC[C@@H](S(=O)(=O)c2cccc(S(=O)(=O)NCc3ccc4c(c3)OCO4)c2)C1. The predicted octanol–water partition coefficient (Wildman–Crippen LogP) is 0.855. The quantitative estimate of drug-likeness (QED) is 0.653. The normalized spacial score (nSPS) is 20.3. The summed E-state index contributed by atoms with van der Waals surface area (Å²) < 4.78 is 87.1. The van der Waals surface area contributed by atoms with E-state index in [9.17, 15) is 25.3 Å². The first-order valence-electron chi connectivity index (χ1n) is 8.99. The summed E-state index contributed by atoms with van der Waals surface area (Å²) >= 11 is 0. The van der Waals surface area contributed by atoms with Gasteiger partial charge in [0.25, 0.3) is 0 Å². The molecule has 1 atom stereocenters. The number of sulfone groups is 2. The van der Waals surface area contributed by atoms with Crippen LogP contribution in [0, 0.1) is 0 Å². The smallest absolute Gasteiger partial charge is 0.240 e. The van der Waals surface area contributed by atoms with Gasteiger partial charge in [-0.25, -0.2) is 30.0 Å². The Morgan fingerprint density at radius 3 is 2.43 bits per heavy atom. The molecule has 4 rings (SSSR count). The molecule has 0 spiro atoms. The van der Waals surface area contributed by atoms with Gasteiger partial charge in [-0.2, -0.15) is 0 Å². The number of hydrogen-bond acceptors (Lipinski definition) is 8. The number of fused-ring (bicyclic) bond motifs is 1. The predicted molar refractivity (Wildman–Crippen MR) is 107 cm³/mol. The molecule has 2 aromatic rings. The molecule has 0 saturated carbocycles. The average molecular weight is 474 g/mol. The average Bonchev–Trinajstić information content (AvgIpc) is 3.32. The van der Waals surface area contributed by atoms with Gasteiger partial charge in [0.15, 0.2) is 31.2 Å². The molecule has 1 N–H and O–H groups in total. The zero-order chi connectivity index (χ0) is 21.6. The van der Waals surface area contributed by atoms with Gasteiger partial charge in [0, 0.05) is 6.54 Å². The van der Waals surface area contributed by atoms with Crippen LogP contribution < -0.4 is 14.2 Å². The highest BCUT2D eigenvalue weighted by Crippen LogP contribution is 2.32. The van der Waals surface area contributed by atoms with Crippen LogP contribution in [0.3, 0.4) is 0 Å². The van der Waals surface area contributed by atoms with E-state index in [0.717, 1.165) is 6.07 Å². The van der Waals surface area contributed by atoms with E-state index in [1.807, 2.05) is 0 Å². The molecule has 0 radical (unpaired) electrons. The molecule has 2 aliphatic rings. The molecule has 2 aliphatic heterocycles. The van der Waals surface area contributed by atoms with Gasteiger partial charge < -0.3 is 9.47 Å². The molecule has 1 fully saturated rings. The summed E-state index contributed by atoms with van der Waals surface area (Å²) in [5, 5.41) is -1.07. The Bertz CT molecular complexity index is 1300. The Morgan fingerprint density at radius 2 is 1.70 bits per heavy atom. The highest BCUT2D eigenvalue weighted by Gasteiger charge is 2.38. The van der Waals surface area contributed by atoms with Crippen molar-refractivity contribution in [1.29, 1.82) is 0 Å². The third-order valence-electron chi connectivity index (χ3n) is 4.98. The Morgan fingerprint density at radius 1 is 0.967 bits per heavy atom. The summed E-state index contributed by atoms with van der Waals surface area (Å²) in [4.78, 5) is -0.430. The standard InChI is InChI=1S/C18H19NO8S3/c20-28(21)7-6-16(11-28)29(22,23)14-2-1-3-15(9-14)30(24,25)19-10-13-4-5-17-18(8-13)27-12-26-17/h1-5,8-9,16,19H,6-7,10-12H2/t16-/m1/s1. The zero-order valence-corrected chi connectivity index (χ0v) is 18.1. The van der Waals surface area contributed by atoms with E-state index >= 15 is 0 Å². The lowest BCUT2D eigenvalue weighted by atomic mass is 10.2. The topological polar surface area (TPSA) is 133 Å². The fraction of sp³-hybridized carbons (Fsp3) is 0.333. The maximum Gasteiger partial charge on any atom is 0.240 e. The van der Waals surface area contributed by atoms with E-state index in [4.69, 9.17) is 9.47 Å². The Hall–Kier alpha value is -2.15. The van der Waals surface area contributed by atoms with Crippen LogP contribution in [-0.4, -0.2) is 48.8 Å². The van der Waals surface area contributed by atoms with Gasteiger partial charge in [-0.3, -0.25) is 0 Å². The van der Waals surface area contributed by atoms with Crippen molar-refractivity contribution in [2.45, 2.75) is 28.0 Å². The van der Waals surface area contributed by atoms with Gasteiger partial charge in [0.1, 0.15) is 0 Å². The lowest BCUT2D eigenvalue weighted by molar-refractivity contribution is 0.174. The first kappa shape index (κ1) is 21.1. The van der Waals surface area contributed by atoms with E-state index in [1.54, 1.807) is 18.2 Å². The fourth-order valence-corrected chi connectivity index (χ4v) is 8.87. The first-order chi connectivity index (χ1) is 14.1. The summed E-state index contributed by atoms with van der Waals surface area (Å²) in [6.07, 6.45) is 0.00398. The minimum absolute atomic E-state index is 0.00398. The lowest BCUT2D eigenvalue weighted by Crippen LogP contribution is -2.25. The van der Waals surface area contributed by atoms with E-state index in [-0.39, 0.29) is 35.3 Å². The van der Waals surface area contributed by atoms with E-state index in [0.29, 0.717) is 17.1 Å². The van der Waals surface area contributed by atoms with Crippen LogP contribution in [0.1, 0.15) is 12.0 Å². The molecule has 1 saturated heterocycles. The summed E-state index contributed by atoms with van der Waals surface area (Å²) in [5.41, 5.74) is 0.641. The van der Waals surface area contributed by atoms with Crippen LogP contribution in [-0.2, 0) is 36.2 Å². The largest absolute Gasteiger partial charge is 0.454 e. The van der Waals surface area contributed by atoms with Crippen LogP contribution in [0.25, 0.3) is 0 Å². The van der Waals surface area contributed by atoms with Crippen molar-refractivity contribution in [2.75, 3.05) is 18.3 Å². The Balaban J connectivity index is 1.54. The highest BCUT2D eigenvalue weighted by atomic mass is 32.2. The molecule has 12 heteroatoms.